The average molecular weight is 237 g/mol. The minimum absolute atomic E-state index is 0.101. The molecule has 2 N–H and O–H groups in total. The molecule has 0 fully saturated rings. The van der Waals surface area contributed by atoms with E-state index in [0.29, 0.717) is 12.0 Å². The van der Waals surface area contributed by atoms with Gasteiger partial charge in [0.25, 0.3) is 0 Å². The largest absolute Gasteiger partial charge is 0.362 e. The highest BCUT2D eigenvalue weighted by Crippen LogP contribution is 2.06. The number of nitrogens with zero attached hydrogens (tertiary/aromatic N) is 2. The fourth-order valence-corrected chi connectivity index (χ4v) is 1.57. The zero-order valence-corrected chi connectivity index (χ0v) is 12.1. The topological polar surface area (TPSA) is 32.5 Å². The quantitative estimate of drug-likeness (QED) is 0.515. The normalized spacial score (nSPS) is 15.8. The molecule has 0 aromatic carbocycles. The van der Waals surface area contributed by atoms with Crippen LogP contribution in [0, 0.1) is 5.92 Å². The van der Waals surface area contributed by atoms with Crippen molar-refractivity contribution in [2.24, 2.45) is 11.7 Å². The fourth-order valence-electron chi connectivity index (χ4n) is 1.57. The predicted octanol–water partition coefficient (Wildman–Crippen LogP) is 1.67. The number of rotatable bonds is 8. The lowest BCUT2D eigenvalue weighted by atomic mass is 9.92. The van der Waals surface area contributed by atoms with Crippen LogP contribution in [0.15, 0.2) is 12.3 Å². The van der Waals surface area contributed by atoms with Crippen molar-refractivity contribution in [1.82, 2.24) is 9.80 Å². The van der Waals surface area contributed by atoms with Crippen LogP contribution in [0.3, 0.4) is 0 Å². The van der Waals surface area contributed by atoms with Crippen LogP contribution < -0.4 is 5.73 Å². The van der Waals surface area contributed by atoms with Crippen molar-refractivity contribution in [3.63, 3.8) is 0 Å². The molecule has 0 aromatic heterocycles. The van der Waals surface area contributed by atoms with Gasteiger partial charge in [-0.3, -0.25) is 4.90 Å². The van der Waals surface area contributed by atoms with Gasteiger partial charge in [0.15, 0.2) is 0 Å². The van der Waals surface area contributed by atoms with E-state index in [9.17, 15) is 0 Å². The van der Waals surface area contributed by atoms with Crippen LogP contribution in [0.1, 0.15) is 27.7 Å². The first-order valence-corrected chi connectivity index (χ1v) is 6.45. The summed E-state index contributed by atoms with van der Waals surface area (Å²) in [7, 11) is 7.76. The Morgan fingerprint density at radius 3 is 2.24 bits per heavy atom. The Morgan fingerprint density at radius 1 is 1.24 bits per heavy atom. The first kappa shape index (κ1) is 16.5. The van der Waals surface area contributed by atoms with Crippen LogP contribution in [-0.4, -0.2) is 50.0 Å². The van der Waals surface area contributed by atoms with Crippen molar-refractivity contribution in [3.8, 4) is 0 Å². The van der Waals surface area contributed by atoms with Crippen molar-refractivity contribution < 1.29 is 0 Å². The molecule has 0 rings (SSSR count). The summed E-state index contributed by atoms with van der Waals surface area (Å²) in [5, 5.41) is 0. The maximum absolute atomic E-state index is 5.73. The molecule has 0 aliphatic carbocycles. The molecule has 2 atom stereocenters. The van der Waals surface area contributed by atoms with Gasteiger partial charge in [-0.15, -0.1) is 0 Å². The highest BCUT2D eigenvalue weighted by atomic mass is 15.3. The summed E-state index contributed by atoms with van der Waals surface area (Å²) in [6, 6.07) is 0.574. The van der Waals surface area contributed by atoms with Gasteiger partial charge in [-0.05, 0) is 39.9 Å². The molecule has 0 bridgehead atoms. The van der Waals surface area contributed by atoms with Crippen LogP contribution in [0.2, 0.25) is 6.32 Å². The summed E-state index contributed by atoms with van der Waals surface area (Å²) in [5.41, 5.74) is 5.73. The second-order valence-corrected chi connectivity index (χ2v) is 5.33. The van der Waals surface area contributed by atoms with Crippen LogP contribution in [0.4, 0.5) is 0 Å². The van der Waals surface area contributed by atoms with E-state index in [1.54, 1.807) is 0 Å². The Labute approximate surface area is 108 Å². The van der Waals surface area contributed by atoms with E-state index in [4.69, 9.17) is 13.6 Å². The van der Waals surface area contributed by atoms with E-state index in [1.807, 2.05) is 13.0 Å². The van der Waals surface area contributed by atoms with E-state index >= 15 is 0 Å². The molecule has 2 radical (unpaired) electrons. The molecule has 4 heteroatoms. The molecular formula is C13H28BN3. The van der Waals surface area contributed by atoms with Gasteiger partial charge < -0.3 is 10.6 Å². The third kappa shape index (κ3) is 8.28. The summed E-state index contributed by atoms with van der Waals surface area (Å²) in [6.45, 7) is 10.5. The van der Waals surface area contributed by atoms with Gasteiger partial charge in [-0.25, -0.2) is 0 Å². The van der Waals surface area contributed by atoms with Gasteiger partial charge in [-0.2, -0.15) is 0 Å². The van der Waals surface area contributed by atoms with Crippen molar-refractivity contribution in [3.05, 3.63) is 12.3 Å². The van der Waals surface area contributed by atoms with Crippen LogP contribution in [-0.2, 0) is 0 Å². The monoisotopic (exact) mass is 237 g/mol. The summed E-state index contributed by atoms with van der Waals surface area (Å²) in [4.78, 5) is 4.58. The van der Waals surface area contributed by atoms with Crippen molar-refractivity contribution in [2.75, 3.05) is 20.3 Å². The molecular weight excluding hydrogens is 209 g/mol. The number of hydrogen-bond acceptors (Lipinski definition) is 3. The number of nitrogens with two attached hydrogens (primary N) is 1. The molecule has 98 valence electrons. The smallest absolute Gasteiger partial charge is 0.0701 e. The van der Waals surface area contributed by atoms with Crippen LogP contribution in [0.5, 0.6) is 0 Å². The van der Waals surface area contributed by atoms with E-state index in [0.717, 1.165) is 19.5 Å². The molecule has 0 spiro atoms. The summed E-state index contributed by atoms with van der Waals surface area (Å²) in [6.07, 6.45) is 4.86. The minimum Gasteiger partial charge on any atom is -0.362 e. The van der Waals surface area contributed by atoms with Crippen molar-refractivity contribution in [1.29, 1.82) is 0 Å². The third-order valence-corrected chi connectivity index (χ3v) is 2.67. The average Bonchev–Trinajstić information content (AvgIpc) is 2.23. The molecule has 0 amide bonds. The molecule has 0 saturated heterocycles. The van der Waals surface area contributed by atoms with Gasteiger partial charge in [0.05, 0.1) is 14.5 Å². The third-order valence-electron chi connectivity index (χ3n) is 2.67. The predicted molar refractivity (Wildman–Crippen MR) is 77.0 cm³/mol. The SMILES string of the molecule is [B]CC(C)CN(C)CN(/C=C\C(C)N)C(C)C. The van der Waals surface area contributed by atoms with Crippen molar-refractivity contribution >= 4 is 7.85 Å². The van der Waals surface area contributed by atoms with Gasteiger partial charge in [0.2, 0.25) is 0 Å². The highest BCUT2D eigenvalue weighted by Gasteiger charge is 2.09. The molecule has 0 heterocycles. The van der Waals surface area contributed by atoms with Gasteiger partial charge in [0, 0.05) is 18.6 Å². The Balaban J connectivity index is 4.25. The Morgan fingerprint density at radius 2 is 1.82 bits per heavy atom. The Hall–Kier alpha value is -0.475. The molecule has 0 aliphatic heterocycles. The highest BCUT2D eigenvalue weighted by molar-refractivity contribution is 6.08. The lowest BCUT2D eigenvalue weighted by molar-refractivity contribution is 0.162. The van der Waals surface area contributed by atoms with Crippen LogP contribution >= 0.6 is 0 Å². The summed E-state index contributed by atoms with van der Waals surface area (Å²) >= 11 is 0. The zero-order valence-electron chi connectivity index (χ0n) is 12.1. The second-order valence-electron chi connectivity index (χ2n) is 5.33. The lowest BCUT2D eigenvalue weighted by Gasteiger charge is -2.31. The first-order chi connectivity index (χ1) is 7.86. The standard InChI is InChI=1S/C13H28BN3/c1-11(2)17(7-6-13(4)15)10-16(5)9-12(3)8-14/h6-7,11-13H,8-10,15H2,1-5H3/b7-6-. The van der Waals surface area contributed by atoms with E-state index in [1.165, 1.54) is 0 Å². The molecule has 0 saturated carbocycles. The minimum atomic E-state index is 0.101. The second kappa shape index (κ2) is 8.59. The van der Waals surface area contributed by atoms with Crippen LogP contribution in [0.25, 0.3) is 0 Å². The summed E-state index contributed by atoms with van der Waals surface area (Å²) < 4.78 is 0. The molecule has 0 aromatic rings. The van der Waals surface area contributed by atoms with Gasteiger partial charge in [0.1, 0.15) is 0 Å². The zero-order chi connectivity index (χ0) is 13.4. The Kier molecular flexibility index (Phi) is 8.35. The molecule has 3 nitrogen and oxygen atoms in total. The van der Waals surface area contributed by atoms with E-state index in [2.05, 4.69) is 43.8 Å². The Bertz CT molecular complexity index is 217. The van der Waals surface area contributed by atoms with E-state index in [-0.39, 0.29) is 6.04 Å². The van der Waals surface area contributed by atoms with E-state index < -0.39 is 0 Å². The van der Waals surface area contributed by atoms with Gasteiger partial charge >= 0.3 is 0 Å². The fraction of sp³-hybridized carbons (Fsp3) is 0.846. The number of hydrogen-bond donors (Lipinski definition) is 1. The maximum atomic E-state index is 5.73. The van der Waals surface area contributed by atoms with Crippen molar-refractivity contribution in [2.45, 2.75) is 46.1 Å². The first-order valence-electron chi connectivity index (χ1n) is 6.45. The molecule has 2 unspecified atom stereocenters. The maximum Gasteiger partial charge on any atom is 0.0701 e. The lowest BCUT2D eigenvalue weighted by Crippen LogP contribution is -2.38. The van der Waals surface area contributed by atoms with Gasteiger partial charge in [-0.1, -0.05) is 19.3 Å². The molecule has 17 heavy (non-hydrogen) atoms. The molecule has 0 aliphatic rings. The summed E-state index contributed by atoms with van der Waals surface area (Å²) in [5.74, 6) is 0.534.